The molecule has 0 saturated carbocycles. The second-order valence-corrected chi connectivity index (χ2v) is 10.7. The summed E-state index contributed by atoms with van der Waals surface area (Å²) in [6, 6.07) is 12.4. The third kappa shape index (κ3) is 9.40. The number of carbonyl (C=O) groups excluding carboxylic acids is 5. The van der Waals surface area contributed by atoms with Crippen molar-refractivity contribution in [2.24, 2.45) is 17.4 Å². The number of hydrogen-bond acceptors (Lipinski definition) is 8. The number of phenols is 1. The first-order chi connectivity index (χ1) is 19.4. The first-order valence-corrected chi connectivity index (χ1v) is 13.5. The number of primary amides is 1. The highest BCUT2D eigenvalue weighted by Crippen LogP contribution is 2.14. The molecule has 0 unspecified atom stereocenters. The van der Waals surface area contributed by atoms with Crippen LogP contribution in [0.5, 0.6) is 5.75 Å². The van der Waals surface area contributed by atoms with Gasteiger partial charge in [0, 0.05) is 6.42 Å². The summed E-state index contributed by atoms with van der Waals surface area (Å²) in [6.45, 7) is 3.27. The van der Waals surface area contributed by atoms with Crippen LogP contribution in [-0.2, 0) is 36.8 Å². The maximum atomic E-state index is 13.2. The number of rotatable bonds is 13. The van der Waals surface area contributed by atoms with Gasteiger partial charge >= 0.3 is 0 Å². The lowest BCUT2D eigenvalue weighted by Crippen LogP contribution is -2.55. The molecule has 1 saturated heterocycles. The van der Waals surface area contributed by atoms with Gasteiger partial charge in [-0.25, -0.2) is 0 Å². The van der Waals surface area contributed by atoms with Gasteiger partial charge in [0.05, 0.1) is 25.8 Å². The fourth-order valence-corrected chi connectivity index (χ4v) is 4.57. The van der Waals surface area contributed by atoms with Gasteiger partial charge in [0.25, 0.3) is 0 Å². The smallest absolute Gasteiger partial charge is 0.247 e. The summed E-state index contributed by atoms with van der Waals surface area (Å²) in [5, 5.41) is 14.8. The molecule has 2 aromatic rings. The predicted octanol–water partition coefficient (Wildman–Crippen LogP) is -0.366. The molecule has 0 aromatic heterocycles. The SMILES string of the molecule is CC(C)C[C@H](NC(=O)[C@H](Cc1ccccc1)NC(=O)CN1CC(=O)N(C(=O)[C@@H](N)Cc2ccc(O)cc2)C1)C(N)=O. The number of nitrogens with zero attached hydrogens (tertiary/aromatic N) is 2. The van der Waals surface area contributed by atoms with Gasteiger partial charge in [-0.3, -0.25) is 33.8 Å². The Morgan fingerprint density at radius 2 is 1.56 bits per heavy atom. The zero-order valence-corrected chi connectivity index (χ0v) is 23.3. The number of amides is 5. The van der Waals surface area contributed by atoms with E-state index >= 15 is 0 Å². The molecular weight excluding hydrogens is 528 g/mol. The summed E-state index contributed by atoms with van der Waals surface area (Å²) < 4.78 is 0. The van der Waals surface area contributed by atoms with E-state index in [-0.39, 0.29) is 44.3 Å². The number of nitrogens with one attached hydrogen (secondary N) is 2. The predicted molar refractivity (Wildman–Crippen MR) is 151 cm³/mol. The molecule has 1 heterocycles. The summed E-state index contributed by atoms with van der Waals surface area (Å²) in [6.07, 6.45) is 0.686. The van der Waals surface area contributed by atoms with Crippen LogP contribution >= 0.6 is 0 Å². The van der Waals surface area contributed by atoms with E-state index in [0.717, 1.165) is 16.0 Å². The number of carbonyl (C=O) groups is 5. The largest absolute Gasteiger partial charge is 0.508 e. The zero-order valence-electron chi connectivity index (χ0n) is 23.3. The van der Waals surface area contributed by atoms with Gasteiger partial charge < -0.3 is 27.2 Å². The number of aromatic hydroxyl groups is 1. The minimum Gasteiger partial charge on any atom is -0.508 e. The van der Waals surface area contributed by atoms with E-state index in [1.54, 1.807) is 12.1 Å². The average molecular weight is 567 g/mol. The third-order valence-electron chi connectivity index (χ3n) is 6.65. The minimum absolute atomic E-state index is 0.0871. The topological polar surface area (TPSA) is 188 Å². The molecule has 1 fully saturated rings. The van der Waals surface area contributed by atoms with Crippen LogP contribution in [0.1, 0.15) is 31.4 Å². The Kier molecular flexibility index (Phi) is 11.0. The molecule has 0 aliphatic carbocycles. The number of nitrogens with two attached hydrogens (primary N) is 2. The molecular formula is C29H38N6O6. The molecule has 5 amide bonds. The molecule has 1 aliphatic rings. The Hall–Kier alpha value is -4.29. The van der Waals surface area contributed by atoms with E-state index in [2.05, 4.69) is 10.6 Å². The molecule has 3 atom stereocenters. The van der Waals surface area contributed by atoms with Crippen molar-refractivity contribution >= 4 is 29.5 Å². The maximum absolute atomic E-state index is 13.2. The lowest BCUT2D eigenvalue weighted by atomic mass is 10.0. The molecule has 12 nitrogen and oxygen atoms in total. The van der Waals surface area contributed by atoms with Crippen molar-refractivity contribution < 1.29 is 29.1 Å². The van der Waals surface area contributed by atoms with Crippen molar-refractivity contribution in [1.29, 1.82) is 0 Å². The van der Waals surface area contributed by atoms with E-state index in [1.807, 2.05) is 44.2 Å². The lowest BCUT2D eigenvalue weighted by molar-refractivity contribution is -0.142. The van der Waals surface area contributed by atoms with Gasteiger partial charge in [-0.15, -0.1) is 0 Å². The Morgan fingerprint density at radius 3 is 2.17 bits per heavy atom. The van der Waals surface area contributed by atoms with Crippen molar-refractivity contribution in [1.82, 2.24) is 20.4 Å². The Morgan fingerprint density at radius 1 is 0.927 bits per heavy atom. The Labute approximate surface area is 239 Å². The van der Waals surface area contributed by atoms with Gasteiger partial charge in [0.15, 0.2) is 0 Å². The van der Waals surface area contributed by atoms with Crippen LogP contribution in [-0.4, -0.2) is 82.3 Å². The molecule has 0 spiro atoms. The molecule has 7 N–H and O–H groups in total. The number of imide groups is 1. The highest BCUT2D eigenvalue weighted by molar-refractivity contribution is 6.00. The lowest BCUT2D eigenvalue weighted by Gasteiger charge is -2.24. The second kappa shape index (κ2) is 14.4. The van der Waals surface area contributed by atoms with E-state index in [4.69, 9.17) is 11.5 Å². The molecule has 41 heavy (non-hydrogen) atoms. The van der Waals surface area contributed by atoms with Crippen molar-refractivity contribution in [3.63, 3.8) is 0 Å². The molecule has 2 aromatic carbocycles. The zero-order chi connectivity index (χ0) is 30.1. The van der Waals surface area contributed by atoms with Gasteiger partial charge in [0.2, 0.25) is 29.5 Å². The van der Waals surface area contributed by atoms with E-state index in [9.17, 15) is 29.1 Å². The van der Waals surface area contributed by atoms with Crippen molar-refractivity contribution in [3.8, 4) is 5.75 Å². The van der Waals surface area contributed by atoms with Gasteiger partial charge in [-0.2, -0.15) is 0 Å². The van der Waals surface area contributed by atoms with Gasteiger partial charge in [0.1, 0.15) is 17.8 Å². The van der Waals surface area contributed by atoms with Crippen LogP contribution in [0.3, 0.4) is 0 Å². The summed E-state index contributed by atoms with van der Waals surface area (Å²) in [7, 11) is 0. The van der Waals surface area contributed by atoms with Crippen LogP contribution in [0.2, 0.25) is 0 Å². The second-order valence-electron chi connectivity index (χ2n) is 10.7. The molecule has 12 heteroatoms. The quantitative estimate of drug-likeness (QED) is 0.217. The van der Waals surface area contributed by atoms with Crippen molar-refractivity contribution in [2.75, 3.05) is 19.8 Å². The van der Waals surface area contributed by atoms with Crippen LogP contribution in [0, 0.1) is 5.92 Å². The minimum atomic E-state index is -1.01. The summed E-state index contributed by atoms with van der Waals surface area (Å²) in [5.74, 6) is -2.62. The van der Waals surface area contributed by atoms with Gasteiger partial charge in [-0.05, 0) is 42.0 Å². The van der Waals surface area contributed by atoms with Crippen LogP contribution in [0.15, 0.2) is 54.6 Å². The Bertz CT molecular complexity index is 1240. The molecule has 3 rings (SSSR count). The van der Waals surface area contributed by atoms with Crippen LogP contribution in [0.25, 0.3) is 0 Å². The number of benzene rings is 2. The van der Waals surface area contributed by atoms with Crippen LogP contribution < -0.4 is 22.1 Å². The molecule has 220 valence electrons. The van der Waals surface area contributed by atoms with Crippen molar-refractivity contribution in [2.45, 2.75) is 51.2 Å². The first-order valence-electron chi connectivity index (χ1n) is 13.5. The molecule has 0 bridgehead atoms. The average Bonchev–Trinajstić information content (AvgIpc) is 3.28. The summed E-state index contributed by atoms with van der Waals surface area (Å²) >= 11 is 0. The number of phenolic OH excluding ortho intramolecular Hbond substituents is 1. The fraction of sp³-hybridized carbons (Fsp3) is 0.414. The molecule has 0 radical (unpaired) electrons. The standard InChI is InChI=1S/C29H38N6O6/c1-18(2)12-23(27(31)39)33-28(40)24(14-19-6-4-3-5-7-19)32-25(37)15-34-16-26(38)35(17-34)29(41)22(30)13-20-8-10-21(36)11-9-20/h3-11,18,22-24,36H,12-17,30H2,1-2H3,(H2,31,39)(H,32,37)(H,33,40)/t22-,23-,24-/m0/s1. The summed E-state index contributed by atoms with van der Waals surface area (Å²) in [5.41, 5.74) is 13.1. The van der Waals surface area contributed by atoms with Gasteiger partial charge in [-0.1, -0.05) is 56.3 Å². The third-order valence-corrected chi connectivity index (χ3v) is 6.65. The fourth-order valence-electron chi connectivity index (χ4n) is 4.57. The number of hydrogen-bond donors (Lipinski definition) is 5. The monoisotopic (exact) mass is 566 g/mol. The van der Waals surface area contributed by atoms with Crippen LogP contribution in [0.4, 0.5) is 0 Å². The summed E-state index contributed by atoms with van der Waals surface area (Å²) in [4.78, 5) is 66.0. The van der Waals surface area contributed by atoms with E-state index in [1.165, 1.54) is 17.0 Å². The maximum Gasteiger partial charge on any atom is 0.247 e. The van der Waals surface area contributed by atoms with Crippen molar-refractivity contribution in [3.05, 3.63) is 65.7 Å². The highest BCUT2D eigenvalue weighted by Gasteiger charge is 2.36. The normalized spacial score (nSPS) is 15.8. The molecule has 1 aliphatic heterocycles. The highest BCUT2D eigenvalue weighted by atomic mass is 16.3. The van der Waals surface area contributed by atoms with E-state index in [0.29, 0.717) is 6.42 Å². The van der Waals surface area contributed by atoms with E-state index < -0.39 is 47.7 Å². The first kappa shape index (κ1) is 31.2. The Balaban J connectivity index is 1.62.